The molecular formula is C18H11BrO2. The van der Waals surface area contributed by atoms with E-state index in [1.54, 1.807) is 6.07 Å². The number of fused-ring (bicyclic) bond motifs is 3. The zero-order chi connectivity index (χ0) is 14.6. The highest BCUT2D eigenvalue weighted by atomic mass is 79.9. The summed E-state index contributed by atoms with van der Waals surface area (Å²) in [5.74, 6) is 0. The van der Waals surface area contributed by atoms with Crippen LogP contribution in [0, 0.1) is 6.92 Å². The van der Waals surface area contributed by atoms with Crippen molar-refractivity contribution in [1.29, 1.82) is 0 Å². The van der Waals surface area contributed by atoms with E-state index in [0.717, 1.165) is 15.2 Å². The second kappa shape index (κ2) is 4.43. The van der Waals surface area contributed by atoms with Crippen molar-refractivity contribution >= 4 is 48.6 Å². The molecule has 0 aliphatic rings. The summed E-state index contributed by atoms with van der Waals surface area (Å²) in [6.45, 7) is 2.05. The van der Waals surface area contributed by atoms with Crippen molar-refractivity contribution in [3.05, 3.63) is 68.8 Å². The molecule has 0 saturated heterocycles. The van der Waals surface area contributed by atoms with Crippen LogP contribution in [0.25, 0.3) is 32.7 Å². The van der Waals surface area contributed by atoms with Crippen molar-refractivity contribution in [3.63, 3.8) is 0 Å². The quantitative estimate of drug-likeness (QED) is 0.414. The Kier molecular flexibility index (Phi) is 2.66. The SMILES string of the molecule is Cc1ccc2cc3oc4ccc(Br)cc4c(=O)c3cc2c1. The van der Waals surface area contributed by atoms with Crippen molar-refractivity contribution in [2.24, 2.45) is 0 Å². The van der Waals surface area contributed by atoms with Gasteiger partial charge in [0.05, 0.1) is 10.8 Å². The van der Waals surface area contributed by atoms with Crippen LogP contribution in [0.4, 0.5) is 0 Å². The molecule has 0 unspecified atom stereocenters. The maximum absolute atomic E-state index is 12.7. The lowest BCUT2D eigenvalue weighted by Crippen LogP contribution is -2.02. The Morgan fingerprint density at radius 2 is 1.67 bits per heavy atom. The first-order valence-electron chi connectivity index (χ1n) is 6.68. The van der Waals surface area contributed by atoms with Crippen molar-refractivity contribution in [2.45, 2.75) is 6.92 Å². The predicted molar refractivity (Wildman–Crippen MR) is 89.9 cm³/mol. The zero-order valence-corrected chi connectivity index (χ0v) is 12.9. The Morgan fingerprint density at radius 1 is 0.857 bits per heavy atom. The summed E-state index contributed by atoms with van der Waals surface area (Å²) in [5, 5.41) is 3.36. The van der Waals surface area contributed by atoms with E-state index in [2.05, 4.69) is 34.1 Å². The number of halogens is 1. The maximum atomic E-state index is 12.7. The highest BCUT2D eigenvalue weighted by Crippen LogP contribution is 2.26. The van der Waals surface area contributed by atoms with Gasteiger partial charge in [0.2, 0.25) is 5.43 Å². The summed E-state index contributed by atoms with van der Waals surface area (Å²) >= 11 is 3.40. The number of benzene rings is 3. The molecule has 0 saturated carbocycles. The van der Waals surface area contributed by atoms with Crippen molar-refractivity contribution in [3.8, 4) is 0 Å². The van der Waals surface area contributed by atoms with Gasteiger partial charge in [-0.3, -0.25) is 4.79 Å². The van der Waals surface area contributed by atoms with E-state index in [0.29, 0.717) is 21.9 Å². The van der Waals surface area contributed by atoms with Crippen LogP contribution in [-0.4, -0.2) is 0 Å². The summed E-state index contributed by atoms with van der Waals surface area (Å²) in [5.41, 5.74) is 2.43. The third-order valence-corrected chi connectivity index (χ3v) is 4.24. The molecule has 3 heteroatoms. The van der Waals surface area contributed by atoms with Crippen molar-refractivity contribution in [1.82, 2.24) is 0 Å². The molecule has 0 fully saturated rings. The van der Waals surface area contributed by atoms with E-state index < -0.39 is 0 Å². The van der Waals surface area contributed by atoms with Crippen LogP contribution in [0.15, 0.2) is 62.2 Å². The van der Waals surface area contributed by atoms with Crippen LogP contribution < -0.4 is 5.43 Å². The molecule has 4 aromatic rings. The van der Waals surface area contributed by atoms with Crippen LogP contribution in [0.3, 0.4) is 0 Å². The molecule has 0 N–H and O–H groups in total. The van der Waals surface area contributed by atoms with Gasteiger partial charge in [-0.2, -0.15) is 0 Å². The Labute approximate surface area is 129 Å². The summed E-state index contributed by atoms with van der Waals surface area (Å²) in [7, 11) is 0. The Hall–Kier alpha value is -2.13. The fourth-order valence-electron chi connectivity index (χ4n) is 2.69. The minimum absolute atomic E-state index is 0.0101. The summed E-state index contributed by atoms with van der Waals surface area (Å²) < 4.78 is 6.77. The normalized spacial score (nSPS) is 11.5. The third kappa shape index (κ3) is 1.96. The van der Waals surface area contributed by atoms with Gasteiger partial charge < -0.3 is 4.42 Å². The van der Waals surface area contributed by atoms with Crippen LogP contribution in [-0.2, 0) is 0 Å². The average Bonchev–Trinajstić information content (AvgIpc) is 2.47. The first kappa shape index (κ1) is 12.6. The summed E-state index contributed by atoms with van der Waals surface area (Å²) in [4.78, 5) is 12.7. The molecule has 0 aliphatic carbocycles. The van der Waals surface area contributed by atoms with Gasteiger partial charge in [0.1, 0.15) is 11.2 Å². The number of hydrogen-bond acceptors (Lipinski definition) is 2. The standard InChI is InChI=1S/C18H11BrO2/c1-10-2-3-11-8-17-14(7-12(11)6-10)18(20)15-9-13(19)4-5-16(15)21-17/h2-9H,1H3. The highest BCUT2D eigenvalue weighted by Gasteiger charge is 2.09. The molecule has 0 aliphatic heterocycles. The van der Waals surface area contributed by atoms with Gasteiger partial charge in [-0.15, -0.1) is 0 Å². The first-order valence-corrected chi connectivity index (χ1v) is 7.48. The second-order valence-corrected chi connectivity index (χ2v) is 6.19. The fraction of sp³-hybridized carbons (Fsp3) is 0.0556. The molecule has 2 nitrogen and oxygen atoms in total. The molecule has 0 bridgehead atoms. The second-order valence-electron chi connectivity index (χ2n) is 5.27. The van der Waals surface area contributed by atoms with Crippen molar-refractivity contribution in [2.75, 3.05) is 0 Å². The lowest BCUT2D eigenvalue weighted by molar-refractivity contribution is 0.660. The lowest BCUT2D eigenvalue weighted by Gasteiger charge is -2.05. The van der Waals surface area contributed by atoms with Gasteiger partial charge in [0.15, 0.2) is 0 Å². The van der Waals surface area contributed by atoms with Crippen LogP contribution in [0.1, 0.15) is 5.56 Å². The molecule has 0 spiro atoms. The van der Waals surface area contributed by atoms with E-state index >= 15 is 0 Å². The van der Waals surface area contributed by atoms with Crippen molar-refractivity contribution < 1.29 is 4.42 Å². The van der Waals surface area contributed by atoms with Crippen LogP contribution in [0.5, 0.6) is 0 Å². The minimum atomic E-state index is 0.0101. The topological polar surface area (TPSA) is 30.2 Å². The van der Waals surface area contributed by atoms with Gasteiger partial charge in [-0.1, -0.05) is 39.7 Å². The van der Waals surface area contributed by atoms with Gasteiger partial charge >= 0.3 is 0 Å². The van der Waals surface area contributed by atoms with Crippen LogP contribution in [0.2, 0.25) is 0 Å². The largest absolute Gasteiger partial charge is 0.456 e. The van der Waals surface area contributed by atoms with E-state index in [4.69, 9.17) is 4.42 Å². The molecule has 21 heavy (non-hydrogen) atoms. The number of rotatable bonds is 0. The van der Waals surface area contributed by atoms with Gasteiger partial charge in [0.25, 0.3) is 0 Å². The van der Waals surface area contributed by atoms with Crippen LogP contribution >= 0.6 is 15.9 Å². The highest BCUT2D eigenvalue weighted by molar-refractivity contribution is 9.10. The first-order chi connectivity index (χ1) is 10.1. The van der Waals surface area contributed by atoms with E-state index in [9.17, 15) is 4.79 Å². The van der Waals surface area contributed by atoms with E-state index in [1.165, 1.54) is 5.56 Å². The molecule has 0 amide bonds. The molecular weight excluding hydrogens is 328 g/mol. The molecule has 0 atom stereocenters. The van der Waals surface area contributed by atoms with Gasteiger partial charge in [0, 0.05) is 4.47 Å². The molecule has 0 radical (unpaired) electrons. The zero-order valence-electron chi connectivity index (χ0n) is 11.3. The fourth-order valence-corrected chi connectivity index (χ4v) is 3.05. The molecule has 3 aromatic carbocycles. The molecule has 1 heterocycles. The molecule has 102 valence electrons. The Balaban J connectivity index is 2.23. The molecule has 4 rings (SSSR count). The third-order valence-electron chi connectivity index (χ3n) is 3.74. The summed E-state index contributed by atoms with van der Waals surface area (Å²) in [6, 6.07) is 15.6. The Morgan fingerprint density at radius 3 is 2.52 bits per heavy atom. The number of hydrogen-bond donors (Lipinski definition) is 0. The minimum Gasteiger partial charge on any atom is -0.456 e. The number of aryl methyl sites for hydroxylation is 1. The lowest BCUT2D eigenvalue weighted by atomic mass is 10.0. The summed E-state index contributed by atoms with van der Waals surface area (Å²) in [6.07, 6.45) is 0. The van der Waals surface area contributed by atoms with E-state index in [-0.39, 0.29) is 5.43 Å². The van der Waals surface area contributed by atoms with E-state index in [1.807, 2.05) is 31.2 Å². The van der Waals surface area contributed by atoms with Gasteiger partial charge in [-0.05, 0) is 48.0 Å². The average molecular weight is 339 g/mol. The Bertz CT molecular complexity index is 1070. The predicted octanol–water partition coefficient (Wildman–Crippen LogP) is 5.17. The molecule has 1 aromatic heterocycles. The monoisotopic (exact) mass is 338 g/mol. The smallest absolute Gasteiger partial charge is 0.200 e. The van der Waals surface area contributed by atoms with Gasteiger partial charge in [-0.25, -0.2) is 0 Å². The maximum Gasteiger partial charge on any atom is 0.200 e.